The molecule has 0 spiro atoms. The van der Waals surface area contributed by atoms with Crippen molar-refractivity contribution in [1.82, 2.24) is 14.9 Å². The summed E-state index contributed by atoms with van der Waals surface area (Å²) in [4.78, 5) is 45.7. The molecule has 0 aliphatic carbocycles. The van der Waals surface area contributed by atoms with Gasteiger partial charge in [-0.2, -0.15) is 5.26 Å². The summed E-state index contributed by atoms with van der Waals surface area (Å²) in [5, 5.41) is 12.1. The van der Waals surface area contributed by atoms with Crippen molar-refractivity contribution in [3.8, 4) is 34.2 Å². The number of nitrogens with zero attached hydrogens (tertiary/aromatic N) is 4. The highest BCUT2D eigenvalue weighted by atomic mass is 19.1. The van der Waals surface area contributed by atoms with Crippen LogP contribution in [0.3, 0.4) is 0 Å². The van der Waals surface area contributed by atoms with Gasteiger partial charge in [-0.05, 0) is 63.4 Å². The molecule has 0 bridgehead atoms. The lowest BCUT2D eigenvalue weighted by atomic mass is 9.99. The van der Waals surface area contributed by atoms with Crippen LogP contribution in [-0.2, 0) is 20.8 Å². The molecule has 1 amide bonds. The van der Waals surface area contributed by atoms with Crippen molar-refractivity contribution in [3.05, 3.63) is 64.2 Å². The van der Waals surface area contributed by atoms with Crippen LogP contribution in [0.4, 0.5) is 15.1 Å². The van der Waals surface area contributed by atoms with Gasteiger partial charge in [-0.25, -0.2) is 14.2 Å². The zero-order valence-corrected chi connectivity index (χ0v) is 24.8. The van der Waals surface area contributed by atoms with E-state index in [1.54, 1.807) is 51.1 Å². The van der Waals surface area contributed by atoms with Gasteiger partial charge >= 0.3 is 12.1 Å². The standard InChI is InChI=1S/C31H34FN5O6/c1-31(2,3)43-30(40)34-22-12-14-36(15-13-22)29-35-27(20-6-7-21(17-33)24(32)16-20)26(19-8-10-23(41-4)11-9-19)28(39)37(29)18-25(38)42-5/h6-11,16,22H,12-15,18H2,1-5H3,(H,34,40). The summed E-state index contributed by atoms with van der Waals surface area (Å²) in [6.07, 6.45) is 0.531. The summed E-state index contributed by atoms with van der Waals surface area (Å²) in [6, 6.07) is 12.4. The minimum atomic E-state index is -0.753. The maximum absolute atomic E-state index is 14.8. The first kappa shape index (κ1) is 31.0. The molecule has 0 radical (unpaired) electrons. The lowest BCUT2D eigenvalue weighted by Crippen LogP contribution is -2.47. The highest BCUT2D eigenvalue weighted by Gasteiger charge is 2.29. The molecule has 1 fully saturated rings. The van der Waals surface area contributed by atoms with Gasteiger partial charge in [0.2, 0.25) is 5.95 Å². The number of carbonyl (C=O) groups excluding carboxylic acids is 2. The molecule has 0 saturated carbocycles. The van der Waals surface area contributed by atoms with Crippen LogP contribution in [0.15, 0.2) is 47.3 Å². The molecule has 2 aromatic carbocycles. The fourth-order valence-electron chi connectivity index (χ4n) is 4.80. The van der Waals surface area contributed by atoms with E-state index in [-0.39, 0.29) is 34.4 Å². The Bertz CT molecular complexity index is 1600. The molecular weight excluding hydrogens is 557 g/mol. The first-order chi connectivity index (χ1) is 20.4. The molecule has 3 aromatic rings. The Morgan fingerprint density at radius 1 is 1.09 bits per heavy atom. The molecule has 0 unspecified atom stereocenters. The third kappa shape index (κ3) is 7.30. The third-order valence-electron chi connectivity index (χ3n) is 6.90. The summed E-state index contributed by atoms with van der Waals surface area (Å²) < 4.78 is 31.6. The van der Waals surface area contributed by atoms with Crippen molar-refractivity contribution in [2.45, 2.75) is 51.8 Å². The van der Waals surface area contributed by atoms with Gasteiger partial charge < -0.3 is 24.4 Å². The number of benzene rings is 2. The number of rotatable bonds is 7. The second-order valence-corrected chi connectivity index (χ2v) is 11.0. The van der Waals surface area contributed by atoms with Gasteiger partial charge in [0.05, 0.1) is 31.0 Å². The maximum Gasteiger partial charge on any atom is 0.407 e. The van der Waals surface area contributed by atoms with Crippen LogP contribution in [0.1, 0.15) is 39.2 Å². The van der Waals surface area contributed by atoms with Crippen LogP contribution in [0.5, 0.6) is 5.75 Å². The number of aromatic nitrogens is 2. The van der Waals surface area contributed by atoms with Crippen LogP contribution in [0, 0.1) is 17.1 Å². The predicted octanol–water partition coefficient (Wildman–Crippen LogP) is 4.26. The average Bonchev–Trinajstić information content (AvgIpc) is 2.97. The van der Waals surface area contributed by atoms with Gasteiger partial charge in [0, 0.05) is 24.7 Å². The van der Waals surface area contributed by atoms with Crippen molar-refractivity contribution in [1.29, 1.82) is 5.26 Å². The van der Waals surface area contributed by atoms with Crippen molar-refractivity contribution in [2.24, 2.45) is 0 Å². The number of esters is 1. The summed E-state index contributed by atoms with van der Waals surface area (Å²) in [5.74, 6) is -0.638. The van der Waals surface area contributed by atoms with E-state index in [1.165, 1.54) is 37.0 Å². The van der Waals surface area contributed by atoms with E-state index in [2.05, 4.69) is 5.32 Å². The number of anilines is 1. The van der Waals surface area contributed by atoms with Crippen LogP contribution in [0.2, 0.25) is 0 Å². The molecule has 11 nitrogen and oxygen atoms in total. The van der Waals surface area contributed by atoms with Gasteiger partial charge in [-0.3, -0.25) is 14.2 Å². The third-order valence-corrected chi connectivity index (χ3v) is 6.90. The van der Waals surface area contributed by atoms with E-state index in [4.69, 9.17) is 19.2 Å². The average molecular weight is 592 g/mol. The predicted molar refractivity (Wildman–Crippen MR) is 157 cm³/mol. The number of hydrogen-bond acceptors (Lipinski definition) is 9. The number of piperidine rings is 1. The Labute approximate surface area is 248 Å². The van der Waals surface area contributed by atoms with Gasteiger partial charge in [-0.15, -0.1) is 0 Å². The quantitative estimate of drug-likeness (QED) is 0.400. The molecule has 1 aliphatic heterocycles. The highest BCUT2D eigenvalue weighted by Crippen LogP contribution is 2.32. The molecular formula is C31H34FN5O6. The van der Waals surface area contributed by atoms with Gasteiger partial charge in [0.25, 0.3) is 5.56 Å². The Morgan fingerprint density at radius 2 is 1.74 bits per heavy atom. The van der Waals surface area contributed by atoms with E-state index in [0.29, 0.717) is 37.2 Å². The van der Waals surface area contributed by atoms with Crippen molar-refractivity contribution >= 4 is 18.0 Å². The summed E-state index contributed by atoms with van der Waals surface area (Å²) in [6.45, 7) is 5.75. The largest absolute Gasteiger partial charge is 0.497 e. The van der Waals surface area contributed by atoms with E-state index in [1.807, 2.05) is 4.90 Å². The lowest BCUT2D eigenvalue weighted by molar-refractivity contribution is -0.141. The topological polar surface area (TPSA) is 136 Å². The number of halogens is 1. The molecule has 1 N–H and O–H groups in total. The van der Waals surface area contributed by atoms with Gasteiger partial charge in [0.1, 0.15) is 29.8 Å². The Morgan fingerprint density at radius 3 is 2.30 bits per heavy atom. The highest BCUT2D eigenvalue weighted by molar-refractivity contribution is 5.82. The van der Waals surface area contributed by atoms with Crippen molar-refractivity contribution in [2.75, 3.05) is 32.2 Å². The smallest absolute Gasteiger partial charge is 0.407 e. The molecule has 43 heavy (non-hydrogen) atoms. The molecule has 1 saturated heterocycles. The second kappa shape index (κ2) is 12.9. The Balaban J connectivity index is 1.81. The Kier molecular flexibility index (Phi) is 9.34. The van der Waals surface area contributed by atoms with E-state index >= 15 is 0 Å². The zero-order valence-electron chi connectivity index (χ0n) is 24.8. The van der Waals surface area contributed by atoms with Crippen LogP contribution >= 0.6 is 0 Å². The zero-order chi connectivity index (χ0) is 31.3. The Hall–Kier alpha value is -4.92. The second-order valence-electron chi connectivity index (χ2n) is 11.0. The van der Waals surface area contributed by atoms with Gasteiger partial charge in [-0.1, -0.05) is 18.2 Å². The number of nitrogens with one attached hydrogen (secondary N) is 1. The molecule has 0 atom stereocenters. The normalized spacial score (nSPS) is 13.7. The lowest BCUT2D eigenvalue weighted by Gasteiger charge is -2.34. The van der Waals surface area contributed by atoms with Gasteiger partial charge in [0.15, 0.2) is 0 Å². The van der Waals surface area contributed by atoms with E-state index < -0.39 is 35.6 Å². The SMILES string of the molecule is COC(=O)Cn1c(N2CCC(NC(=O)OC(C)(C)C)CC2)nc(-c2ccc(C#N)c(F)c2)c(-c2ccc(OC)cc2)c1=O. The molecule has 1 aromatic heterocycles. The van der Waals surface area contributed by atoms with Crippen LogP contribution in [-0.4, -0.2) is 60.6 Å². The molecule has 226 valence electrons. The number of carbonyl (C=O) groups is 2. The summed E-state index contributed by atoms with van der Waals surface area (Å²) in [7, 11) is 2.75. The minimum Gasteiger partial charge on any atom is -0.497 e. The first-order valence-electron chi connectivity index (χ1n) is 13.7. The maximum atomic E-state index is 14.8. The summed E-state index contributed by atoms with van der Waals surface area (Å²) in [5.41, 5.74) is -0.227. The minimum absolute atomic E-state index is 0.140. The summed E-state index contributed by atoms with van der Waals surface area (Å²) >= 11 is 0. The van der Waals surface area contributed by atoms with Crippen molar-refractivity contribution < 1.29 is 28.2 Å². The number of hydrogen-bond donors (Lipinski definition) is 1. The fourth-order valence-corrected chi connectivity index (χ4v) is 4.80. The molecule has 12 heteroatoms. The number of alkyl carbamates (subject to hydrolysis) is 1. The monoisotopic (exact) mass is 591 g/mol. The van der Waals surface area contributed by atoms with Crippen molar-refractivity contribution in [3.63, 3.8) is 0 Å². The molecule has 4 rings (SSSR count). The van der Waals surface area contributed by atoms with E-state index in [9.17, 15) is 24.0 Å². The number of ether oxygens (including phenoxy) is 3. The number of amides is 1. The fraction of sp³-hybridized carbons (Fsp3) is 0.387. The molecule has 1 aliphatic rings. The first-order valence-corrected chi connectivity index (χ1v) is 13.7. The molecule has 2 heterocycles. The van der Waals surface area contributed by atoms with Crippen LogP contribution in [0.25, 0.3) is 22.4 Å². The number of nitriles is 1. The number of methoxy groups -OCH3 is 2. The van der Waals surface area contributed by atoms with E-state index in [0.717, 1.165) is 0 Å². The van der Waals surface area contributed by atoms with Crippen LogP contribution < -0.4 is 20.5 Å².